The summed E-state index contributed by atoms with van der Waals surface area (Å²) < 4.78 is 0. The molecule has 0 saturated heterocycles. The van der Waals surface area contributed by atoms with Gasteiger partial charge < -0.3 is 10.2 Å². The van der Waals surface area contributed by atoms with Crippen molar-refractivity contribution in [3.05, 3.63) is 77.5 Å². The summed E-state index contributed by atoms with van der Waals surface area (Å²) in [6.45, 7) is 0. The van der Waals surface area contributed by atoms with Crippen LogP contribution in [0.4, 0.5) is 17.5 Å². The summed E-state index contributed by atoms with van der Waals surface area (Å²) in [6, 6.07) is 18.6. The second-order valence-electron chi connectivity index (χ2n) is 8.22. The Bertz CT molecular complexity index is 1050. The van der Waals surface area contributed by atoms with Gasteiger partial charge in [-0.3, -0.25) is 10.0 Å². The summed E-state index contributed by atoms with van der Waals surface area (Å²) >= 11 is 0. The lowest BCUT2D eigenvalue weighted by molar-refractivity contribution is 0.0706. The van der Waals surface area contributed by atoms with Gasteiger partial charge in [-0.05, 0) is 36.5 Å². The zero-order valence-corrected chi connectivity index (χ0v) is 18.3. The van der Waals surface area contributed by atoms with E-state index in [4.69, 9.17) is 4.98 Å². The van der Waals surface area contributed by atoms with Gasteiger partial charge in [0.05, 0.1) is 0 Å². The molecule has 0 spiro atoms. The first-order chi connectivity index (χ1) is 15.7. The molecule has 4 rings (SSSR count). The van der Waals surface area contributed by atoms with E-state index < -0.39 is 5.91 Å². The van der Waals surface area contributed by atoms with Crippen molar-refractivity contribution in [2.75, 3.05) is 17.3 Å². The van der Waals surface area contributed by atoms with Crippen LogP contribution in [0.2, 0.25) is 0 Å². The standard InChI is InChI=1S/C25H29N5O2/c1-30(20-13-6-3-7-14-20)25-26-17-21(24(31)29-32)23(28-25)27-22-15-9-8-12-19(22)16-18-10-4-2-5-11-18/h2,4-5,8-12,15,17,20,32H,3,6-7,13-14,16H2,1H3,(H,29,31)(H,26,27,28). The third-order valence-corrected chi connectivity index (χ3v) is 6.07. The molecule has 0 radical (unpaired) electrons. The molecule has 1 aliphatic carbocycles. The van der Waals surface area contributed by atoms with Gasteiger partial charge in [0.15, 0.2) is 0 Å². The molecule has 2 aromatic carbocycles. The van der Waals surface area contributed by atoms with Crippen LogP contribution in [-0.4, -0.2) is 34.2 Å². The number of carbonyl (C=O) groups is 1. The van der Waals surface area contributed by atoms with E-state index in [2.05, 4.69) is 33.4 Å². The molecule has 0 atom stereocenters. The zero-order valence-electron chi connectivity index (χ0n) is 18.3. The molecule has 1 amide bonds. The number of hydroxylamine groups is 1. The molecule has 0 unspecified atom stereocenters. The number of aromatic nitrogens is 2. The molecule has 3 N–H and O–H groups in total. The van der Waals surface area contributed by atoms with Crippen LogP contribution in [0.3, 0.4) is 0 Å². The molecule has 7 heteroatoms. The van der Waals surface area contributed by atoms with Gasteiger partial charge in [-0.25, -0.2) is 10.5 Å². The van der Waals surface area contributed by atoms with Crippen LogP contribution in [0.15, 0.2) is 60.8 Å². The van der Waals surface area contributed by atoms with Gasteiger partial charge in [0.25, 0.3) is 5.91 Å². The quantitative estimate of drug-likeness (QED) is 0.371. The van der Waals surface area contributed by atoms with Gasteiger partial charge in [-0.15, -0.1) is 0 Å². The Labute approximate surface area is 188 Å². The van der Waals surface area contributed by atoms with Crippen LogP contribution < -0.4 is 15.7 Å². The van der Waals surface area contributed by atoms with E-state index in [1.165, 1.54) is 31.0 Å². The number of amides is 1. The number of hydrogen-bond acceptors (Lipinski definition) is 6. The fourth-order valence-electron chi connectivity index (χ4n) is 4.24. The van der Waals surface area contributed by atoms with Crippen molar-refractivity contribution in [1.29, 1.82) is 0 Å². The molecule has 1 saturated carbocycles. The van der Waals surface area contributed by atoms with Gasteiger partial charge in [-0.2, -0.15) is 4.98 Å². The Morgan fingerprint density at radius 1 is 1.06 bits per heavy atom. The Hall–Kier alpha value is -3.45. The van der Waals surface area contributed by atoms with E-state index in [1.807, 2.05) is 43.4 Å². The van der Waals surface area contributed by atoms with E-state index >= 15 is 0 Å². The van der Waals surface area contributed by atoms with Gasteiger partial charge in [-0.1, -0.05) is 67.8 Å². The highest BCUT2D eigenvalue weighted by Crippen LogP contribution is 2.28. The number of anilines is 3. The molecule has 1 aliphatic rings. The number of nitrogens with zero attached hydrogens (tertiary/aromatic N) is 3. The van der Waals surface area contributed by atoms with Crippen LogP contribution in [0.1, 0.15) is 53.6 Å². The number of carbonyl (C=O) groups excluding carboxylic acids is 1. The summed E-state index contributed by atoms with van der Waals surface area (Å²) in [5, 5.41) is 12.5. The van der Waals surface area contributed by atoms with Gasteiger partial charge in [0, 0.05) is 25.0 Å². The van der Waals surface area contributed by atoms with Crippen molar-refractivity contribution in [3.8, 4) is 0 Å². The average molecular weight is 432 g/mol. The molecule has 1 aromatic heterocycles. The number of hydrogen-bond donors (Lipinski definition) is 3. The largest absolute Gasteiger partial charge is 0.341 e. The fraction of sp³-hybridized carbons (Fsp3) is 0.320. The summed E-state index contributed by atoms with van der Waals surface area (Å²) in [7, 11) is 2.00. The minimum Gasteiger partial charge on any atom is -0.341 e. The first-order valence-electron chi connectivity index (χ1n) is 11.1. The molecule has 32 heavy (non-hydrogen) atoms. The molecule has 1 fully saturated rings. The monoisotopic (exact) mass is 431 g/mol. The Kier molecular flexibility index (Phi) is 6.97. The predicted molar refractivity (Wildman–Crippen MR) is 126 cm³/mol. The number of nitrogens with one attached hydrogen (secondary N) is 2. The molecule has 0 bridgehead atoms. The highest BCUT2D eigenvalue weighted by Gasteiger charge is 2.22. The van der Waals surface area contributed by atoms with Crippen LogP contribution in [0.25, 0.3) is 0 Å². The number of para-hydroxylation sites is 1. The van der Waals surface area contributed by atoms with Crippen molar-refractivity contribution in [1.82, 2.24) is 15.4 Å². The first-order valence-corrected chi connectivity index (χ1v) is 11.1. The normalized spacial score (nSPS) is 14.1. The smallest absolute Gasteiger partial charge is 0.279 e. The van der Waals surface area contributed by atoms with E-state index in [0.29, 0.717) is 17.8 Å². The molecule has 3 aromatic rings. The highest BCUT2D eigenvalue weighted by atomic mass is 16.5. The maximum absolute atomic E-state index is 12.3. The lowest BCUT2D eigenvalue weighted by atomic mass is 9.95. The minimum absolute atomic E-state index is 0.183. The number of rotatable bonds is 7. The zero-order chi connectivity index (χ0) is 22.3. The van der Waals surface area contributed by atoms with E-state index in [0.717, 1.165) is 30.5 Å². The molecular formula is C25H29N5O2. The first kappa shape index (κ1) is 21.8. The molecule has 7 nitrogen and oxygen atoms in total. The van der Waals surface area contributed by atoms with Gasteiger partial charge in [0.1, 0.15) is 11.4 Å². The van der Waals surface area contributed by atoms with Crippen molar-refractivity contribution in [3.63, 3.8) is 0 Å². The Balaban J connectivity index is 1.65. The van der Waals surface area contributed by atoms with Crippen molar-refractivity contribution in [2.45, 2.75) is 44.6 Å². The fourth-order valence-corrected chi connectivity index (χ4v) is 4.24. The van der Waals surface area contributed by atoms with Crippen molar-refractivity contribution >= 4 is 23.4 Å². The van der Waals surface area contributed by atoms with Crippen LogP contribution in [0, 0.1) is 0 Å². The third-order valence-electron chi connectivity index (χ3n) is 6.07. The molecule has 0 aliphatic heterocycles. The van der Waals surface area contributed by atoms with Crippen LogP contribution in [-0.2, 0) is 6.42 Å². The highest BCUT2D eigenvalue weighted by molar-refractivity contribution is 5.98. The van der Waals surface area contributed by atoms with E-state index in [1.54, 1.807) is 5.48 Å². The number of benzene rings is 2. The second kappa shape index (κ2) is 10.2. The lowest BCUT2D eigenvalue weighted by Crippen LogP contribution is -2.35. The van der Waals surface area contributed by atoms with Crippen LogP contribution >= 0.6 is 0 Å². The SMILES string of the molecule is CN(c1ncc(C(=O)NO)c(Nc2ccccc2Cc2ccccc2)n1)C1CCCCC1. The lowest BCUT2D eigenvalue weighted by Gasteiger charge is -2.31. The van der Waals surface area contributed by atoms with Crippen molar-refractivity contribution < 1.29 is 10.0 Å². The van der Waals surface area contributed by atoms with E-state index in [9.17, 15) is 10.0 Å². The maximum atomic E-state index is 12.3. The topological polar surface area (TPSA) is 90.4 Å². The molecule has 166 valence electrons. The third kappa shape index (κ3) is 5.06. The average Bonchev–Trinajstić information content (AvgIpc) is 2.85. The summed E-state index contributed by atoms with van der Waals surface area (Å²) in [5.74, 6) is 0.277. The Morgan fingerprint density at radius 2 is 1.78 bits per heavy atom. The van der Waals surface area contributed by atoms with Crippen molar-refractivity contribution in [2.24, 2.45) is 0 Å². The predicted octanol–water partition coefficient (Wildman–Crippen LogP) is 4.70. The van der Waals surface area contributed by atoms with E-state index in [-0.39, 0.29) is 5.56 Å². The van der Waals surface area contributed by atoms with Gasteiger partial charge >= 0.3 is 0 Å². The summed E-state index contributed by atoms with van der Waals surface area (Å²) in [4.78, 5) is 23.5. The molecule has 1 heterocycles. The second-order valence-corrected chi connectivity index (χ2v) is 8.22. The Morgan fingerprint density at radius 3 is 2.53 bits per heavy atom. The maximum Gasteiger partial charge on any atom is 0.279 e. The summed E-state index contributed by atoms with van der Waals surface area (Å²) in [5.41, 5.74) is 5.01. The van der Waals surface area contributed by atoms with Crippen LogP contribution in [0.5, 0.6) is 0 Å². The summed E-state index contributed by atoms with van der Waals surface area (Å²) in [6.07, 6.45) is 8.12. The molecular weight excluding hydrogens is 402 g/mol. The van der Waals surface area contributed by atoms with Gasteiger partial charge in [0.2, 0.25) is 5.95 Å². The minimum atomic E-state index is -0.653.